The third-order valence-corrected chi connectivity index (χ3v) is 4.88. The minimum absolute atomic E-state index is 0.196. The van der Waals surface area contributed by atoms with Crippen LogP contribution in [0.3, 0.4) is 0 Å². The molecule has 0 saturated heterocycles. The summed E-state index contributed by atoms with van der Waals surface area (Å²) >= 11 is 0. The zero-order chi connectivity index (χ0) is 16.4. The van der Waals surface area contributed by atoms with Crippen molar-refractivity contribution in [3.63, 3.8) is 0 Å². The Bertz CT molecular complexity index is 675. The molecule has 1 fully saturated rings. The lowest BCUT2D eigenvalue weighted by Gasteiger charge is -2.33. The standard InChI is InChI=1S/C18H24N4O2/c23-18(10-14-3-4-14)19-7-5-15-11-21(13-17-2-1-9-24-17)12-16-6-8-20-22(15)16/h1-2,6,8-9,14-15H,3-5,7,10-13H2,(H,19,23)/t15-/m1/s1. The van der Waals surface area contributed by atoms with Crippen molar-refractivity contribution < 1.29 is 9.21 Å². The van der Waals surface area contributed by atoms with Gasteiger partial charge in [0.25, 0.3) is 0 Å². The highest BCUT2D eigenvalue weighted by molar-refractivity contribution is 5.76. The summed E-state index contributed by atoms with van der Waals surface area (Å²) in [5, 5.41) is 7.55. The molecule has 128 valence electrons. The molecule has 2 aromatic rings. The molecule has 6 heteroatoms. The van der Waals surface area contributed by atoms with Crippen molar-refractivity contribution in [2.75, 3.05) is 13.1 Å². The van der Waals surface area contributed by atoms with Crippen LogP contribution in [-0.2, 0) is 17.9 Å². The largest absolute Gasteiger partial charge is 0.468 e. The number of carbonyl (C=O) groups excluding carboxylic acids is 1. The SMILES string of the molecule is O=C(CC1CC1)NCC[C@@H]1CN(Cc2ccco2)Cc2ccnn21. The van der Waals surface area contributed by atoms with Crippen LogP contribution < -0.4 is 5.32 Å². The van der Waals surface area contributed by atoms with E-state index in [-0.39, 0.29) is 5.91 Å². The van der Waals surface area contributed by atoms with Gasteiger partial charge in [0.05, 0.1) is 24.5 Å². The van der Waals surface area contributed by atoms with Crippen LogP contribution in [-0.4, -0.2) is 33.7 Å². The fourth-order valence-corrected chi connectivity index (χ4v) is 3.46. The van der Waals surface area contributed by atoms with Gasteiger partial charge in [-0.25, -0.2) is 0 Å². The molecule has 6 nitrogen and oxygen atoms in total. The number of furan rings is 1. The van der Waals surface area contributed by atoms with Gasteiger partial charge in [0.15, 0.2) is 0 Å². The van der Waals surface area contributed by atoms with E-state index in [4.69, 9.17) is 4.42 Å². The maximum Gasteiger partial charge on any atom is 0.220 e. The van der Waals surface area contributed by atoms with Crippen molar-refractivity contribution in [2.24, 2.45) is 5.92 Å². The van der Waals surface area contributed by atoms with Gasteiger partial charge in [-0.3, -0.25) is 14.4 Å². The molecule has 1 aliphatic carbocycles. The maximum atomic E-state index is 11.9. The predicted molar refractivity (Wildman–Crippen MR) is 89.1 cm³/mol. The molecule has 1 aliphatic heterocycles. The van der Waals surface area contributed by atoms with E-state index < -0.39 is 0 Å². The number of rotatable bonds is 7. The molecule has 0 bridgehead atoms. The first-order valence-electron chi connectivity index (χ1n) is 8.82. The van der Waals surface area contributed by atoms with Gasteiger partial charge >= 0.3 is 0 Å². The van der Waals surface area contributed by atoms with Gasteiger partial charge in [-0.1, -0.05) is 0 Å². The lowest BCUT2D eigenvalue weighted by atomic mass is 10.1. The highest BCUT2D eigenvalue weighted by Gasteiger charge is 2.27. The van der Waals surface area contributed by atoms with Gasteiger partial charge < -0.3 is 9.73 Å². The Morgan fingerprint density at radius 1 is 1.38 bits per heavy atom. The number of nitrogens with one attached hydrogen (secondary N) is 1. The number of nitrogens with zero attached hydrogens (tertiary/aromatic N) is 3. The van der Waals surface area contributed by atoms with Crippen molar-refractivity contribution >= 4 is 5.91 Å². The topological polar surface area (TPSA) is 63.3 Å². The molecule has 24 heavy (non-hydrogen) atoms. The number of hydrogen-bond acceptors (Lipinski definition) is 4. The van der Waals surface area contributed by atoms with Crippen LogP contribution in [0, 0.1) is 5.92 Å². The molecule has 4 rings (SSSR count). The molecule has 0 spiro atoms. The second-order valence-electron chi connectivity index (χ2n) is 6.96. The Hall–Kier alpha value is -2.08. The van der Waals surface area contributed by atoms with Crippen LogP contribution >= 0.6 is 0 Å². The first kappa shape index (κ1) is 15.4. The molecule has 1 atom stereocenters. The highest BCUT2D eigenvalue weighted by Crippen LogP contribution is 2.32. The number of aromatic nitrogens is 2. The molecule has 0 radical (unpaired) electrons. The predicted octanol–water partition coefficient (Wildman–Crippen LogP) is 2.34. The van der Waals surface area contributed by atoms with Crippen molar-refractivity contribution in [3.05, 3.63) is 42.1 Å². The summed E-state index contributed by atoms with van der Waals surface area (Å²) in [5.74, 6) is 1.82. The molecule has 2 aliphatic rings. The minimum atomic E-state index is 0.196. The summed E-state index contributed by atoms with van der Waals surface area (Å²) in [6.07, 6.45) is 7.62. The van der Waals surface area contributed by atoms with Crippen molar-refractivity contribution in [3.8, 4) is 0 Å². The van der Waals surface area contributed by atoms with E-state index in [0.29, 0.717) is 24.9 Å². The van der Waals surface area contributed by atoms with Gasteiger partial charge in [0, 0.05) is 32.3 Å². The smallest absolute Gasteiger partial charge is 0.220 e. The molecule has 1 N–H and O–H groups in total. The van der Waals surface area contributed by atoms with Crippen molar-refractivity contribution in [1.82, 2.24) is 20.0 Å². The Kier molecular flexibility index (Phi) is 4.38. The summed E-state index contributed by atoms with van der Waals surface area (Å²) in [6.45, 7) is 3.33. The lowest BCUT2D eigenvalue weighted by molar-refractivity contribution is -0.121. The molecule has 1 saturated carbocycles. The van der Waals surface area contributed by atoms with Gasteiger partial charge in [-0.15, -0.1) is 0 Å². The minimum Gasteiger partial charge on any atom is -0.468 e. The second kappa shape index (κ2) is 6.81. The third-order valence-electron chi connectivity index (χ3n) is 4.88. The summed E-state index contributed by atoms with van der Waals surface area (Å²) in [5.41, 5.74) is 1.22. The van der Waals surface area contributed by atoms with E-state index in [0.717, 1.165) is 31.8 Å². The monoisotopic (exact) mass is 328 g/mol. The van der Waals surface area contributed by atoms with E-state index in [1.54, 1.807) is 6.26 Å². The van der Waals surface area contributed by atoms with E-state index >= 15 is 0 Å². The van der Waals surface area contributed by atoms with E-state index in [1.807, 2.05) is 18.3 Å². The Morgan fingerprint density at radius 3 is 3.08 bits per heavy atom. The Labute approximate surface area is 141 Å². The van der Waals surface area contributed by atoms with E-state index in [2.05, 4.69) is 26.1 Å². The molecule has 1 amide bonds. The zero-order valence-corrected chi connectivity index (χ0v) is 13.9. The normalized spacial score (nSPS) is 20.8. The summed E-state index contributed by atoms with van der Waals surface area (Å²) < 4.78 is 7.59. The number of hydrogen-bond donors (Lipinski definition) is 1. The van der Waals surface area contributed by atoms with Gasteiger partial charge in [0.1, 0.15) is 5.76 Å². The van der Waals surface area contributed by atoms with Crippen LogP contribution in [0.25, 0.3) is 0 Å². The fraction of sp³-hybridized carbons (Fsp3) is 0.556. The average Bonchev–Trinajstić information content (AvgIpc) is 3.03. The first-order valence-corrected chi connectivity index (χ1v) is 8.82. The van der Waals surface area contributed by atoms with Gasteiger partial charge in [-0.05, 0) is 43.4 Å². The van der Waals surface area contributed by atoms with Crippen LogP contribution in [0.2, 0.25) is 0 Å². The lowest BCUT2D eigenvalue weighted by Crippen LogP contribution is -2.38. The average molecular weight is 328 g/mol. The van der Waals surface area contributed by atoms with Crippen molar-refractivity contribution in [2.45, 2.75) is 44.8 Å². The first-order chi connectivity index (χ1) is 11.8. The molecule has 2 aromatic heterocycles. The van der Waals surface area contributed by atoms with E-state index in [1.165, 1.54) is 18.5 Å². The molecule has 3 heterocycles. The molecular weight excluding hydrogens is 304 g/mol. The second-order valence-corrected chi connectivity index (χ2v) is 6.96. The van der Waals surface area contributed by atoms with Crippen molar-refractivity contribution in [1.29, 1.82) is 0 Å². The van der Waals surface area contributed by atoms with Crippen LogP contribution in [0.1, 0.15) is 43.2 Å². The molecule has 0 aromatic carbocycles. The van der Waals surface area contributed by atoms with Crippen LogP contribution in [0.4, 0.5) is 0 Å². The summed E-state index contributed by atoms with van der Waals surface area (Å²) in [7, 11) is 0. The third kappa shape index (κ3) is 3.70. The number of amides is 1. The highest BCUT2D eigenvalue weighted by atomic mass is 16.3. The van der Waals surface area contributed by atoms with Crippen LogP contribution in [0.15, 0.2) is 35.1 Å². The molecular formula is C18H24N4O2. The van der Waals surface area contributed by atoms with Crippen LogP contribution in [0.5, 0.6) is 0 Å². The Balaban J connectivity index is 1.33. The number of carbonyl (C=O) groups is 1. The zero-order valence-electron chi connectivity index (χ0n) is 13.9. The fourth-order valence-electron chi connectivity index (χ4n) is 3.46. The Morgan fingerprint density at radius 2 is 2.29 bits per heavy atom. The maximum absolute atomic E-state index is 11.9. The number of fused-ring (bicyclic) bond motifs is 1. The van der Waals surface area contributed by atoms with Gasteiger partial charge in [0.2, 0.25) is 5.91 Å². The molecule has 0 unspecified atom stereocenters. The summed E-state index contributed by atoms with van der Waals surface area (Å²) in [6, 6.07) is 6.31. The van der Waals surface area contributed by atoms with Gasteiger partial charge in [-0.2, -0.15) is 5.10 Å². The van der Waals surface area contributed by atoms with E-state index in [9.17, 15) is 4.79 Å². The quantitative estimate of drug-likeness (QED) is 0.847. The summed E-state index contributed by atoms with van der Waals surface area (Å²) in [4.78, 5) is 14.2.